The van der Waals surface area contributed by atoms with Gasteiger partial charge in [0.05, 0.1) is 5.69 Å². The molecule has 0 aliphatic rings. The highest BCUT2D eigenvalue weighted by Gasteiger charge is 2.04. The maximum absolute atomic E-state index is 11.7. The summed E-state index contributed by atoms with van der Waals surface area (Å²) in [6.07, 6.45) is 2.63. The summed E-state index contributed by atoms with van der Waals surface area (Å²) in [7, 11) is 1.63. The number of rotatable bonds is 3. The van der Waals surface area contributed by atoms with Gasteiger partial charge in [-0.15, -0.1) is 0 Å². The number of nitrogens with one attached hydrogen (secondary N) is 1. The number of amides is 1. The molecule has 0 bridgehead atoms. The molecule has 1 amide bonds. The minimum absolute atomic E-state index is 0.224. The highest BCUT2D eigenvalue weighted by Crippen LogP contribution is 2.11. The van der Waals surface area contributed by atoms with Crippen molar-refractivity contribution in [2.75, 3.05) is 5.32 Å². The molecular weight excluding hydrogens is 232 g/mol. The molecule has 1 aromatic carbocycles. The van der Waals surface area contributed by atoms with Crippen molar-refractivity contribution in [3.05, 3.63) is 53.7 Å². The lowest BCUT2D eigenvalue weighted by Crippen LogP contribution is -2.21. The molecule has 0 saturated heterocycles. The second-order valence-corrected chi connectivity index (χ2v) is 3.68. The van der Waals surface area contributed by atoms with Crippen LogP contribution in [-0.2, 0) is 11.8 Å². The van der Waals surface area contributed by atoms with Crippen molar-refractivity contribution in [2.24, 2.45) is 7.05 Å². The number of hydrogen-bond acceptors (Lipinski definition) is 3. The molecule has 2 aromatic rings. The van der Waals surface area contributed by atoms with Gasteiger partial charge in [0.2, 0.25) is 5.91 Å². The first-order valence-corrected chi connectivity index (χ1v) is 5.26. The van der Waals surface area contributed by atoms with Gasteiger partial charge in [-0.05, 0) is 30.3 Å². The van der Waals surface area contributed by atoms with Crippen molar-refractivity contribution >= 4 is 11.6 Å². The zero-order chi connectivity index (χ0) is 13.1. The molecule has 0 aliphatic heterocycles. The van der Waals surface area contributed by atoms with Gasteiger partial charge < -0.3 is 5.32 Å². The molecule has 92 valence electrons. The standard InChI is InChI=1S/C12H12N4O2/c1-3-11(17)14-9-4-6-10(7-5-9)16-12(18)15(2)8-13-16/h3-8H,1H2,2H3,(H,14,17). The van der Waals surface area contributed by atoms with Crippen LogP contribution in [0.3, 0.4) is 0 Å². The second-order valence-electron chi connectivity index (χ2n) is 3.68. The van der Waals surface area contributed by atoms with Crippen molar-refractivity contribution in [1.82, 2.24) is 14.3 Å². The number of hydrogen-bond donors (Lipinski definition) is 1. The van der Waals surface area contributed by atoms with Gasteiger partial charge in [0.25, 0.3) is 0 Å². The molecule has 1 aromatic heterocycles. The average Bonchev–Trinajstić information content (AvgIpc) is 2.71. The fourth-order valence-electron chi connectivity index (χ4n) is 1.43. The third kappa shape index (κ3) is 2.22. The summed E-state index contributed by atoms with van der Waals surface area (Å²) in [5.41, 5.74) is 1.04. The van der Waals surface area contributed by atoms with Crippen LogP contribution in [0, 0.1) is 0 Å². The molecule has 2 rings (SSSR count). The van der Waals surface area contributed by atoms with Crippen molar-refractivity contribution in [3.8, 4) is 5.69 Å². The predicted octanol–water partition coefficient (Wildman–Crippen LogP) is 0.695. The molecule has 0 saturated carbocycles. The summed E-state index contributed by atoms with van der Waals surface area (Å²) >= 11 is 0. The first-order chi connectivity index (χ1) is 8.61. The zero-order valence-corrected chi connectivity index (χ0v) is 9.83. The van der Waals surface area contributed by atoms with E-state index in [0.717, 1.165) is 0 Å². The predicted molar refractivity (Wildman–Crippen MR) is 67.6 cm³/mol. The minimum atomic E-state index is -0.280. The van der Waals surface area contributed by atoms with Gasteiger partial charge in [-0.2, -0.15) is 9.78 Å². The zero-order valence-electron chi connectivity index (χ0n) is 9.83. The quantitative estimate of drug-likeness (QED) is 0.808. The van der Waals surface area contributed by atoms with Crippen molar-refractivity contribution < 1.29 is 4.79 Å². The molecule has 6 nitrogen and oxygen atoms in total. The Bertz CT molecular complexity index is 637. The molecule has 0 atom stereocenters. The van der Waals surface area contributed by atoms with Gasteiger partial charge in [0, 0.05) is 12.7 Å². The molecule has 6 heteroatoms. The monoisotopic (exact) mass is 244 g/mol. The maximum atomic E-state index is 11.7. The minimum Gasteiger partial charge on any atom is -0.323 e. The number of carbonyl (C=O) groups is 1. The molecule has 0 fully saturated rings. The number of aromatic nitrogens is 3. The second kappa shape index (κ2) is 4.70. The topological polar surface area (TPSA) is 68.9 Å². The SMILES string of the molecule is C=CC(=O)Nc1ccc(-n2ncn(C)c2=O)cc1. The molecule has 1 N–H and O–H groups in total. The van der Waals surface area contributed by atoms with Crippen LogP contribution in [0.1, 0.15) is 0 Å². The summed E-state index contributed by atoms with van der Waals surface area (Å²) < 4.78 is 2.66. The van der Waals surface area contributed by atoms with E-state index >= 15 is 0 Å². The summed E-state index contributed by atoms with van der Waals surface area (Å²) in [5.74, 6) is -0.280. The molecule has 18 heavy (non-hydrogen) atoms. The first kappa shape index (κ1) is 11.8. The van der Waals surface area contributed by atoms with Crippen LogP contribution in [0.4, 0.5) is 5.69 Å². The Morgan fingerprint density at radius 2 is 2.06 bits per heavy atom. The summed E-state index contributed by atoms with van der Waals surface area (Å²) in [4.78, 5) is 22.8. The van der Waals surface area contributed by atoms with E-state index in [1.807, 2.05) is 0 Å². The molecule has 0 radical (unpaired) electrons. The van der Waals surface area contributed by atoms with Gasteiger partial charge in [-0.25, -0.2) is 4.79 Å². The normalized spacial score (nSPS) is 10.1. The summed E-state index contributed by atoms with van der Waals surface area (Å²) in [6, 6.07) is 6.79. The summed E-state index contributed by atoms with van der Waals surface area (Å²) in [6.45, 7) is 3.37. The van der Waals surface area contributed by atoms with Crippen LogP contribution in [0.5, 0.6) is 0 Å². The van der Waals surface area contributed by atoms with Gasteiger partial charge >= 0.3 is 5.69 Å². The lowest BCUT2D eigenvalue weighted by atomic mass is 10.3. The van der Waals surface area contributed by atoms with Crippen LogP contribution in [-0.4, -0.2) is 20.3 Å². The van der Waals surface area contributed by atoms with Gasteiger partial charge in [0.15, 0.2) is 0 Å². The number of carbonyl (C=O) groups excluding carboxylic acids is 1. The molecule has 1 heterocycles. The first-order valence-electron chi connectivity index (χ1n) is 5.26. The van der Waals surface area contributed by atoms with E-state index in [2.05, 4.69) is 17.0 Å². The van der Waals surface area contributed by atoms with E-state index in [1.165, 1.54) is 21.7 Å². The van der Waals surface area contributed by atoms with E-state index < -0.39 is 0 Å². The highest BCUT2D eigenvalue weighted by molar-refractivity contribution is 5.98. The largest absolute Gasteiger partial charge is 0.350 e. The fraction of sp³-hybridized carbons (Fsp3) is 0.0833. The van der Waals surface area contributed by atoms with Crippen molar-refractivity contribution in [1.29, 1.82) is 0 Å². The summed E-state index contributed by atoms with van der Waals surface area (Å²) in [5, 5.41) is 6.58. The molecule has 0 spiro atoms. The van der Waals surface area contributed by atoms with E-state index in [-0.39, 0.29) is 11.6 Å². The van der Waals surface area contributed by atoms with E-state index in [9.17, 15) is 9.59 Å². The lowest BCUT2D eigenvalue weighted by Gasteiger charge is -2.03. The number of nitrogens with zero attached hydrogens (tertiary/aromatic N) is 3. The van der Waals surface area contributed by atoms with E-state index in [1.54, 1.807) is 31.3 Å². The molecular formula is C12H12N4O2. The van der Waals surface area contributed by atoms with Gasteiger partial charge in [0.1, 0.15) is 6.33 Å². The Balaban J connectivity index is 2.28. The van der Waals surface area contributed by atoms with Crippen LogP contribution < -0.4 is 11.0 Å². The number of anilines is 1. The third-order valence-corrected chi connectivity index (χ3v) is 2.39. The fourth-order valence-corrected chi connectivity index (χ4v) is 1.43. The lowest BCUT2D eigenvalue weighted by molar-refractivity contribution is -0.111. The van der Waals surface area contributed by atoms with Crippen LogP contribution in [0.15, 0.2) is 48.0 Å². The van der Waals surface area contributed by atoms with E-state index in [0.29, 0.717) is 11.4 Å². The highest BCUT2D eigenvalue weighted by atomic mass is 16.2. The Labute approximate surface area is 103 Å². The Kier molecular flexibility index (Phi) is 3.09. The smallest absolute Gasteiger partial charge is 0.323 e. The van der Waals surface area contributed by atoms with Gasteiger partial charge in [-0.1, -0.05) is 6.58 Å². The third-order valence-electron chi connectivity index (χ3n) is 2.39. The van der Waals surface area contributed by atoms with Crippen molar-refractivity contribution in [2.45, 2.75) is 0 Å². The Morgan fingerprint density at radius 1 is 1.39 bits per heavy atom. The number of aryl methyl sites for hydroxylation is 1. The Hall–Kier alpha value is -2.63. The number of benzene rings is 1. The molecule has 0 aliphatic carbocycles. The average molecular weight is 244 g/mol. The van der Waals surface area contributed by atoms with Gasteiger partial charge in [-0.3, -0.25) is 9.36 Å². The van der Waals surface area contributed by atoms with Crippen LogP contribution >= 0.6 is 0 Å². The molecule has 0 unspecified atom stereocenters. The van der Waals surface area contributed by atoms with Crippen molar-refractivity contribution in [3.63, 3.8) is 0 Å². The van der Waals surface area contributed by atoms with Crippen LogP contribution in [0.25, 0.3) is 5.69 Å². The van der Waals surface area contributed by atoms with Crippen LogP contribution in [0.2, 0.25) is 0 Å². The maximum Gasteiger partial charge on any atom is 0.350 e. The Morgan fingerprint density at radius 3 is 2.56 bits per heavy atom. The van der Waals surface area contributed by atoms with E-state index in [4.69, 9.17) is 0 Å².